The second-order valence-electron chi connectivity index (χ2n) is 7.41. The van der Waals surface area contributed by atoms with Crippen LogP contribution in [0.1, 0.15) is 31.3 Å². The van der Waals surface area contributed by atoms with Crippen LogP contribution in [-0.4, -0.2) is 57.6 Å². The predicted octanol–water partition coefficient (Wildman–Crippen LogP) is 4.23. The summed E-state index contributed by atoms with van der Waals surface area (Å²) in [5.41, 5.74) is 9.33. The molecule has 0 aliphatic carbocycles. The molecule has 8 nitrogen and oxygen atoms in total. The first-order chi connectivity index (χ1) is 15.2. The Morgan fingerprint density at radius 3 is 2.62 bits per heavy atom. The van der Waals surface area contributed by atoms with E-state index >= 15 is 0 Å². The van der Waals surface area contributed by atoms with Gasteiger partial charge < -0.3 is 10.6 Å². The van der Waals surface area contributed by atoms with Gasteiger partial charge in [0.25, 0.3) is 5.91 Å². The van der Waals surface area contributed by atoms with Gasteiger partial charge in [-0.05, 0) is 56.7 Å². The molecule has 2 N–H and O–H groups in total. The van der Waals surface area contributed by atoms with Gasteiger partial charge in [-0.25, -0.2) is 15.0 Å². The molecule has 0 atom stereocenters. The van der Waals surface area contributed by atoms with E-state index in [1.54, 1.807) is 53.5 Å². The van der Waals surface area contributed by atoms with Crippen molar-refractivity contribution in [3.63, 3.8) is 0 Å². The van der Waals surface area contributed by atoms with Crippen molar-refractivity contribution >= 4 is 40.9 Å². The Labute approximate surface area is 192 Å². The van der Waals surface area contributed by atoms with Crippen molar-refractivity contribution in [2.45, 2.75) is 20.8 Å². The second kappa shape index (κ2) is 9.74. The molecule has 0 fully saturated rings. The Kier molecular flexibility index (Phi) is 7.05. The molecule has 0 aliphatic heterocycles. The van der Waals surface area contributed by atoms with Crippen LogP contribution >= 0.6 is 11.6 Å². The Morgan fingerprint density at radius 2 is 1.97 bits per heavy atom. The van der Waals surface area contributed by atoms with E-state index in [1.807, 2.05) is 20.8 Å². The summed E-state index contributed by atoms with van der Waals surface area (Å²) in [6.45, 7) is 10.6. The molecule has 1 amide bonds. The number of likely N-dealkylation sites (N-methyl/N-ethyl adjacent to an activating group) is 1. The maximum absolute atomic E-state index is 13.5. The van der Waals surface area contributed by atoms with Crippen molar-refractivity contribution in [3.8, 4) is 11.4 Å². The number of fused-ring (bicyclic) bond motifs is 1. The average molecular weight is 452 g/mol. The molecule has 0 aliphatic rings. The number of amides is 1. The minimum atomic E-state index is -0.246. The summed E-state index contributed by atoms with van der Waals surface area (Å²) in [7, 11) is 1.74. The fourth-order valence-corrected chi connectivity index (χ4v) is 3.54. The van der Waals surface area contributed by atoms with Crippen molar-refractivity contribution in [1.82, 2.24) is 24.9 Å². The number of hydrogen-bond acceptors (Lipinski definition) is 7. The summed E-state index contributed by atoms with van der Waals surface area (Å²) >= 11 is 6.21. The van der Waals surface area contributed by atoms with E-state index in [9.17, 15) is 4.79 Å². The zero-order chi connectivity index (χ0) is 23.4. The van der Waals surface area contributed by atoms with Gasteiger partial charge in [-0.3, -0.25) is 9.80 Å². The number of pyridine rings is 1. The Hall–Kier alpha value is -3.52. The lowest BCUT2D eigenvalue weighted by Gasteiger charge is -2.23. The Balaban J connectivity index is 2.06. The number of aromatic nitrogens is 3. The van der Waals surface area contributed by atoms with Crippen molar-refractivity contribution in [3.05, 3.63) is 58.5 Å². The van der Waals surface area contributed by atoms with Crippen molar-refractivity contribution in [2.24, 2.45) is 5.10 Å². The van der Waals surface area contributed by atoms with Crippen LogP contribution in [0.15, 0.2) is 52.9 Å². The molecular formula is C23H26ClN7O. The first-order valence-corrected chi connectivity index (χ1v) is 10.5. The second-order valence-corrected chi connectivity index (χ2v) is 7.85. The summed E-state index contributed by atoms with van der Waals surface area (Å²) < 4.78 is 0. The number of anilines is 1. The van der Waals surface area contributed by atoms with E-state index in [-0.39, 0.29) is 11.6 Å². The lowest BCUT2D eigenvalue weighted by molar-refractivity contribution is 0.0802. The number of carbonyl (C=O) groups excluding carboxylic acids is 1. The van der Waals surface area contributed by atoms with Crippen LogP contribution in [-0.2, 0) is 0 Å². The minimum Gasteiger partial charge on any atom is -0.384 e. The third-order valence-electron chi connectivity index (χ3n) is 5.20. The van der Waals surface area contributed by atoms with Crippen LogP contribution < -0.4 is 5.73 Å². The van der Waals surface area contributed by atoms with E-state index in [2.05, 4.69) is 26.8 Å². The van der Waals surface area contributed by atoms with Crippen molar-refractivity contribution in [1.29, 1.82) is 0 Å². The first-order valence-electron chi connectivity index (χ1n) is 10.1. The average Bonchev–Trinajstić information content (AvgIpc) is 2.78. The number of hydrogen-bond donors (Lipinski definition) is 1. The number of nitrogens with two attached hydrogens (primary N) is 1. The standard InChI is InChI=1S/C23H26ClN7O/c1-6-31(26-4)15(3)14(2)13-30(5)23(32)21-18-12-17(24)7-8-19(18)28-22(29-21)16-9-10-27-20(25)11-16/h7-12H,4,6,13H2,1-3,5H3,(H2,25,27)/b15-14+. The third-order valence-corrected chi connectivity index (χ3v) is 5.43. The fourth-order valence-electron chi connectivity index (χ4n) is 3.37. The molecular weight excluding hydrogens is 426 g/mol. The lowest BCUT2D eigenvalue weighted by Crippen LogP contribution is -2.30. The Morgan fingerprint density at radius 1 is 1.22 bits per heavy atom. The number of allylic oxidation sites excluding steroid dienone is 1. The van der Waals surface area contributed by atoms with Crippen molar-refractivity contribution < 1.29 is 4.79 Å². The van der Waals surface area contributed by atoms with Gasteiger partial charge in [0, 0.05) is 54.7 Å². The highest BCUT2D eigenvalue weighted by atomic mass is 35.5. The molecule has 0 bridgehead atoms. The van der Waals surface area contributed by atoms with Crippen LogP contribution in [0.2, 0.25) is 5.02 Å². The van der Waals surface area contributed by atoms with Gasteiger partial charge in [0.15, 0.2) is 5.82 Å². The summed E-state index contributed by atoms with van der Waals surface area (Å²) in [5.74, 6) is 0.492. The quantitative estimate of drug-likeness (QED) is 0.426. The summed E-state index contributed by atoms with van der Waals surface area (Å²) in [6.07, 6.45) is 1.58. The van der Waals surface area contributed by atoms with Gasteiger partial charge in [-0.15, -0.1) is 0 Å². The number of nitrogen functional groups attached to an aromatic ring is 1. The topological polar surface area (TPSA) is 101 Å². The number of rotatable bonds is 7. The maximum Gasteiger partial charge on any atom is 0.273 e. The van der Waals surface area contributed by atoms with Gasteiger partial charge in [-0.2, -0.15) is 5.10 Å². The first kappa shape index (κ1) is 23.1. The zero-order valence-corrected chi connectivity index (χ0v) is 19.4. The van der Waals surface area contributed by atoms with Gasteiger partial charge in [-0.1, -0.05) is 11.6 Å². The summed E-state index contributed by atoms with van der Waals surface area (Å²) in [4.78, 5) is 28.3. The number of hydrazone groups is 1. The van der Waals surface area contributed by atoms with Crippen LogP contribution in [0.5, 0.6) is 0 Å². The van der Waals surface area contributed by atoms with Gasteiger partial charge in [0.2, 0.25) is 0 Å². The molecule has 0 saturated carbocycles. The van der Waals surface area contributed by atoms with Crippen LogP contribution in [0.25, 0.3) is 22.3 Å². The molecule has 32 heavy (non-hydrogen) atoms. The number of carbonyl (C=O) groups is 1. The van der Waals surface area contributed by atoms with Crippen LogP contribution in [0.4, 0.5) is 5.82 Å². The van der Waals surface area contributed by atoms with Gasteiger partial charge in [0.05, 0.1) is 5.52 Å². The number of benzene rings is 1. The maximum atomic E-state index is 13.5. The zero-order valence-electron chi connectivity index (χ0n) is 18.6. The summed E-state index contributed by atoms with van der Waals surface area (Å²) in [5, 5.41) is 6.89. The van der Waals surface area contributed by atoms with E-state index in [0.717, 1.165) is 11.3 Å². The smallest absolute Gasteiger partial charge is 0.273 e. The molecule has 3 aromatic rings. The molecule has 3 rings (SSSR count). The normalized spacial score (nSPS) is 11.8. The SMILES string of the molecule is C=NN(CC)/C(C)=C(\C)CN(C)C(=O)c1nc(-c2ccnc(N)c2)nc2ccc(Cl)cc12. The molecule has 1 aromatic carbocycles. The molecule has 2 heterocycles. The summed E-state index contributed by atoms with van der Waals surface area (Å²) in [6, 6.07) is 8.64. The molecule has 0 unspecified atom stereocenters. The largest absolute Gasteiger partial charge is 0.384 e. The third kappa shape index (κ3) is 4.86. The predicted molar refractivity (Wildman–Crippen MR) is 129 cm³/mol. The van der Waals surface area contributed by atoms with Gasteiger partial charge >= 0.3 is 0 Å². The van der Waals surface area contributed by atoms with E-state index in [1.165, 1.54) is 0 Å². The Bertz CT molecular complexity index is 1210. The molecule has 9 heteroatoms. The molecule has 166 valence electrons. The molecule has 0 radical (unpaired) electrons. The monoisotopic (exact) mass is 451 g/mol. The molecule has 0 saturated heterocycles. The molecule has 0 spiro atoms. The van der Waals surface area contributed by atoms with E-state index in [4.69, 9.17) is 17.3 Å². The highest BCUT2D eigenvalue weighted by Crippen LogP contribution is 2.26. The van der Waals surface area contributed by atoms with Crippen LogP contribution in [0, 0.1) is 0 Å². The molecule has 2 aromatic heterocycles. The number of nitrogens with zero attached hydrogens (tertiary/aromatic N) is 6. The highest BCUT2D eigenvalue weighted by Gasteiger charge is 2.21. The number of halogens is 1. The fraction of sp³-hybridized carbons (Fsp3) is 0.261. The minimum absolute atomic E-state index is 0.246. The lowest BCUT2D eigenvalue weighted by atomic mass is 10.1. The van der Waals surface area contributed by atoms with E-state index in [0.29, 0.717) is 46.2 Å². The van der Waals surface area contributed by atoms with Crippen LogP contribution in [0.3, 0.4) is 0 Å². The van der Waals surface area contributed by atoms with Gasteiger partial charge in [0.1, 0.15) is 11.5 Å². The highest BCUT2D eigenvalue weighted by molar-refractivity contribution is 6.31. The van der Waals surface area contributed by atoms with E-state index < -0.39 is 0 Å². The van der Waals surface area contributed by atoms with Crippen molar-refractivity contribution in [2.75, 3.05) is 25.9 Å².